The SMILES string of the molecule is [2H]C([2H])(O)C([2H])(O)C([2H])([2H])OP(=O)(O)O. The van der Waals surface area contributed by atoms with Gasteiger partial charge in [0.05, 0.1) is 20.0 Å². The Labute approximate surface area is 64.3 Å². The van der Waals surface area contributed by atoms with E-state index in [0.29, 0.717) is 0 Å². The third-order valence-corrected chi connectivity index (χ3v) is 0.696. The van der Waals surface area contributed by atoms with Crippen molar-refractivity contribution in [2.75, 3.05) is 13.1 Å². The molecule has 0 aromatic rings. The minimum Gasteiger partial charge on any atom is -0.394 e. The number of phosphoric acid groups is 1. The smallest absolute Gasteiger partial charge is 0.394 e. The first-order valence-corrected chi connectivity index (χ1v) is 3.45. The molecule has 0 bridgehead atoms. The fourth-order valence-electron chi connectivity index (χ4n) is 0.126. The van der Waals surface area contributed by atoms with E-state index in [4.69, 9.17) is 26.9 Å². The molecule has 0 aliphatic rings. The van der Waals surface area contributed by atoms with Crippen LogP contribution in [0.5, 0.6) is 0 Å². The second kappa shape index (κ2) is 4.02. The Bertz CT molecular complexity index is 279. The average Bonchev–Trinajstić information content (AvgIpc) is 1.77. The third-order valence-electron chi connectivity index (χ3n) is 0.367. The standard InChI is InChI=1S/C3H9O6P/c4-1-3(5)2-9-10(6,7)8/h3-5H,1-2H2,(H2,6,7,8)/i1D2,2D2,3D. The van der Waals surface area contributed by atoms with Crippen molar-refractivity contribution >= 4 is 7.82 Å². The number of aliphatic hydroxyl groups is 2. The van der Waals surface area contributed by atoms with Gasteiger partial charge < -0.3 is 20.0 Å². The summed E-state index contributed by atoms with van der Waals surface area (Å²) < 4.78 is 46.9. The summed E-state index contributed by atoms with van der Waals surface area (Å²) in [7, 11) is -5.39. The van der Waals surface area contributed by atoms with Crippen LogP contribution in [0.3, 0.4) is 0 Å². The second-order valence-electron chi connectivity index (χ2n) is 1.14. The molecule has 0 heterocycles. The van der Waals surface area contributed by atoms with Crippen LogP contribution in [0.1, 0.15) is 6.85 Å². The number of rotatable bonds is 4. The van der Waals surface area contributed by atoms with Crippen molar-refractivity contribution in [3.63, 3.8) is 0 Å². The predicted molar refractivity (Wildman–Crippen MR) is 31.1 cm³/mol. The van der Waals surface area contributed by atoms with Crippen molar-refractivity contribution in [3.8, 4) is 0 Å². The van der Waals surface area contributed by atoms with Gasteiger partial charge in [-0.1, -0.05) is 0 Å². The zero-order valence-electron chi connectivity index (χ0n) is 9.55. The Morgan fingerprint density at radius 3 is 2.60 bits per heavy atom. The third kappa shape index (κ3) is 6.15. The topological polar surface area (TPSA) is 107 Å². The molecule has 0 radical (unpaired) electrons. The number of hydrogen-bond donors (Lipinski definition) is 4. The molecule has 0 aromatic carbocycles. The fraction of sp³-hybridized carbons (Fsp3) is 1.00. The van der Waals surface area contributed by atoms with Gasteiger partial charge in [-0.2, -0.15) is 0 Å². The molecule has 1 unspecified atom stereocenters. The predicted octanol–water partition coefficient (Wildman–Crippen LogP) is -1.55. The van der Waals surface area contributed by atoms with Crippen LogP contribution in [0.4, 0.5) is 0 Å². The van der Waals surface area contributed by atoms with Crippen molar-refractivity contribution < 1.29 is 35.9 Å². The molecule has 1 atom stereocenters. The van der Waals surface area contributed by atoms with E-state index in [1.54, 1.807) is 0 Å². The highest BCUT2D eigenvalue weighted by Crippen LogP contribution is 2.35. The van der Waals surface area contributed by atoms with E-state index < -0.39 is 27.0 Å². The summed E-state index contributed by atoms with van der Waals surface area (Å²) in [5.74, 6) is 0. The van der Waals surface area contributed by atoms with E-state index in [1.165, 1.54) is 0 Å². The van der Waals surface area contributed by atoms with Crippen molar-refractivity contribution in [1.29, 1.82) is 0 Å². The zero-order chi connectivity index (χ0) is 12.7. The Morgan fingerprint density at radius 1 is 1.80 bits per heavy atom. The maximum Gasteiger partial charge on any atom is 0.469 e. The van der Waals surface area contributed by atoms with Crippen LogP contribution in [-0.4, -0.2) is 39.2 Å². The van der Waals surface area contributed by atoms with Crippen molar-refractivity contribution in [1.82, 2.24) is 0 Å². The Kier molecular flexibility index (Phi) is 1.67. The minimum absolute atomic E-state index is 3.38. The lowest BCUT2D eigenvalue weighted by atomic mass is 10.4. The molecule has 0 saturated heterocycles. The van der Waals surface area contributed by atoms with E-state index >= 15 is 0 Å². The highest BCUT2D eigenvalue weighted by atomic mass is 31.2. The maximum absolute atomic E-state index is 10.3. The van der Waals surface area contributed by atoms with Gasteiger partial charge >= 0.3 is 7.82 Å². The summed E-state index contributed by atoms with van der Waals surface area (Å²) in [5.41, 5.74) is 0. The molecule has 7 heteroatoms. The Hall–Kier alpha value is 0.0300. The summed E-state index contributed by atoms with van der Waals surface area (Å²) >= 11 is 0. The van der Waals surface area contributed by atoms with Gasteiger partial charge in [0, 0.05) is 0 Å². The molecule has 0 fully saturated rings. The normalized spacial score (nSPS) is 28.6. The molecule has 0 saturated carbocycles. The first-order chi connectivity index (χ1) is 6.21. The maximum atomic E-state index is 10.3. The molecular weight excluding hydrogens is 163 g/mol. The zero-order valence-corrected chi connectivity index (χ0v) is 5.45. The summed E-state index contributed by atoms with van der Waals surface area (Å²) in [5, 5.41) is 17.5. The van der Waals surface area contributed by atoms with Crippen LogP contribution in [-0.2, 0) is 9.09 Å². The molecule has 10 heavy (non-hydrogen) atoms. The van der Waals surface area contributed by atoms with E-state index in [-0.39, 0.29) is 0 Å². The van der Waals surface area contributed by atoms with Gasteiger partial charge in [0.25, 0.3) is 0 Å². The highest BCUT2D eigenvalue weighted by Gasteiger charge is 2.15. The van der Waals surface area contributed by atoms with Crippen molar-refractivity contribution in [2.24, 2.45) is 0 Å². The molecule has 0 aromatic heterocycles. The van der Waals surface area contributed by atoms with Gasteiger partial charge in [-0.15, -0.1) is 0 Å². The second-order valence-corrected chi connectivity index (χ2v) is 2.31. The fourth-order valence-corrected chi connectivity index (χ4v) is 0.331. The van der Waals surface area contributed by atoms with Crippen molar-refractivity contribution in [3.05, 3.63) is 0 Å². The van der Waals surface area contributed by atoms with E-state index in [2.05, 4.69) is 4.52 Å². The van der Waals surface area contributed by atoms with Gasteiger partial charge in [0.1, 0.15) is 6.08 Å². The molecule has 0 aliphatic heterocycles. The van der Waals surface area contributed by atoms with Gasteiger partial charge in [-0.3, -0.25) is 4.52 Å². The largest absolute Gasteiger partial charge is 0.469 e. The Morgan fingerprint density at radius 2 is 2.30 bits per heavy atom. The van der Waals surface area contributed by atoms with Crippen molar-refractivity contribution in [2.45, 2.75) is 6.08 Å². The first-order valence-electron chi connectivity index (χ1n) is 4.42. The van der Waals surface area contributed by atoms with Gasteiger partial charge in [-0.25, -0.2) is 4.57 Å². The highest BCUT2D eigenvalue weighted by molar-refractivity contribution is 7.46. The van der Waals surface area contributed by atoms with Crippen LogP contribution in [0.15, 0.2) is 0 Å². The molecule has 0 aliphatic carbocycles. The molecule has 4 N–H and O–H groups in total. The van der Waals surface area contributed by atoms with Crippen LogP contribution >= 0.6 is 7.82 Å². The monoisotopic (exact) mass is 177 g/mol. The van der Waals surface area contributed by atoms with Gasteiger partial charge in [0.2, 0.25) is 0 Å². The summed E-state index contributed by atoms with van der Waals surface area (Å²) in [6, 6.07) is 0. The van der Waals surface area contributed by atoms with Crippen LogP contribution in [0.25, 0.3) is 0 Å². The van der Waals surface area contributed by atoms with E-state index in [0.717, 1.165) is 0 Å². The Balaban J connectivity index is 5.12. The summed E-state index contributed by atoms with van der Waals surface area (Å²) in [6.45, 7) is -7.57. The molecule has 62 valence electrons. The number of hydrogen-bond acceptors (Lipinski definition) is 4. The quantitative estimate of drug-likeness (QED) is 0.387. The molecule has 0 amide bonds. The van der Waals surface area contributed by atoms with Gasteiger partial charge in [0.15, 0.2) is 0 Å². The van der Waals surface area contributed by atoms with E-state index in [9.17, 15) is 4.57 Å². The lowest BCUT2D eigenvalue weighted by molar-refractivity contribution is 0.0419. The van der Waals surface area contributed by atoms with Crippen LogP contribution in [0.2, 0.25) is 0 Å². The average molecular weight is 177 g/mol. The summed E-state index contributed by atoms with van der Waals surface area (Å²) in [6.07, 6.45) is -3.90. The van der Waals surface area contributed by atoms with E-state index in [1.807, 2.05) is 0 Å². The van der Waals surface area contributed by atoms with Gasteiger partial charge in [-0.05, 0) is 0 Å². The first kappa shape index (κ1) is 4.15. The number of phosphoric ester groups is 1. The lowest BCUT2D eigenvalue weighted by Crippen LogP contribution is -2.18. The molecule has 0 spiro atoms. The summed E-state index contributed by atoms with van der Waals surface area (Å²) in [4.78, 5) is 16.5. The molecular formula is C3H9O6P. The minimum atomic E-state index is -5.39. The van der Waals surface area contributed by atoms with Crippen LogP contribution < -0.4 is 0 Å². The van der Waals surface area contributed by atoms with Crippen LogP contribution in [0, 0.1) is 0 Å². The molecule has 0 rings (SSSR count). The molecule has 6 nitrogen and oxygen atoms in total. The lowest BCUT2D eigenvalue weighted by Gasteiger charge is -2.07.